The average molecular weight is 301 g/mol. The molecule has 0 saturated heterocycles. The number of rotatable bonds is 2. The standard InChI is InChI=1S/C16H19N3OS/c1-11-14(12(2)18(3)17-11)4-5-16(20)19-8-6-15-13(10-19)7-9-21-15/h4-5,7,9H,6,8,10H2,1-3H3/b5-4+. The average Bonchev–Trinajstić information content (AvgIpc) is 3.02. The largest absolute Gasteiger partial charge is 0.334 e. The van der Waals surface area contributed by atoms with Gasteiger partial charge < -0.3 is 4.90 Å². The maximum atomic E-state index is 12.3. The number of thiophene rings is 1. The van der Waals surface area contributed by atoms with Gasteiger partial charge in [0.15, 0.2) is 0 Å². The topological polar surface area (TPSA) is 38.1 Å². The van der Waals surface area contributed by atoms with Crippen molar-refractivity contribution in [3.63, 3.8) is 0 Å². The first-order valence-corrected chi connectivity index (χ1v) is 7.96. The zero-order valence-electron chi connectivity index (χ0n) is 12.6. The van der Waals surface area contributed by atoms with E-state index >= 15 is 0 Å². The van der Waals surface area contributed by atoms with Gasteiger partial charge in [0.25, 0.3) is 0 Å². The van der Waals surface area contributed by atoms with Crippen molar-refractivity contribution in [2.45, 2.75) is 26.8 Å². The monoisotopic (exact) mass is 301 g/mol. The first-order valence-electron chi connectivity index (χ1n) is 7.08. The van der Waals surface area contributed by atoms with Crippen molar-refractivity contribution in [3.8, 4) is 0 Å². The second-order valence-electron chi connectivity index (χ2n) is 5.42. The quantitative estimate of drug-likeness (QED) is 0.800. The van der Waals surface area contributed by atoms with Gasteiger partial charge in [-0.2, -0.15) is 5.10 Å². The van der Waals surface area contributed by atoms with E-state index in [2.05, 4.69) is 16.5 Å². The molecule has 0 aromatic carbocycles. The number of hydrogen-bond donors (Lipinski definition) is 0. The minimum atomic E-state index is 0.0782. The normalized spacial score (nSPS) is 14.7. The predicted molar refractivity (Wildman–Crippen MR) is 85.2 cm³/mol. The molecule has 3 heterocycles. The number of nitrogens with zero attached hydrogens (tertiary/aromatic N) is 3. The Hall–Kier alpha value is -1.88. The Balaban J connectivity index is 1.74. The van der Waals surface area contributed by atoms with Gasteiger partial charge in [0, 0.05) is 42.3 Å². The lowest BCUT2D eigenvalue weighted by atomic mass is 10.1. The third-order valence-corrected chi connectivity index (χ3v) is 5.10. The fourth-order valence-electron chi connectivity index (χ4n) is 2.73. The fraction of sp³-hybridized carbons (Fsp3) is 0.375. The van der Waals surface area contributed by atoms with Crippen LogP contribution in [0.1, 0.15) is 27.4 Å². The van der Waals surface area contributed by atoms with Crippen LogP contribution in [-0.2, 0) is 24.8 Å². The highest BCUT2D eigenvalue weighted by Gasteiger charge is 2.20. The van der Waals surface area contributed by atoms with Gasteiger partial charge in [-0.1, -0.05) is 0 Å². The molecule has 4 nitrogen and oxygen atoms in total. The fourth-order valence-corrected chi connectivity index (χ4v) is 3.62. The second kappa shape index (κ2) is 5.48. The molecular weight excluding hydrogens is 282 g/mol. The first kappa shape index (κ1) is 14.1. The van der Waals surface area contributed by atoms with Crippen LogP contribution in [0.3, 0.4) is 0 Å². The molecule has 0 N–H and O–H groups in total. The van der Waals surface area contributed by atoms with Crippen LogP contribution in [0, 0.1) is 13.8 Å². The summed E-state index contributed by atoms with van der Waals surface area (Å²) < 4.78 is 1.85. The number of amides is 1. The summed E-state index contributed by atoms with van der Waals surface area (Å²) in [6, 6.07) is 2.12. The summed E-state index contributed by atoms with van der Waals surface area (Å²) in [5.74, 6) is 0.0782. The van der Waals surface area contributed by atoms with Crippen molar-refractivity contribution in [1.82, 2.24) is 14.7 Å². The minimum Gasteiger partial charge on any atom is -0.334 e. The van der Waals surface area contributed by atoms with Crippen molar-refractivity contribution >= 4 is 23.3 Å². The van der Waals surface area contributed by atoms with E-state index < -0.39 is 0 Å². The molecule has 2 aromatic rings. The third kappa shape index (κ3) is 2.65. The van der Waals surface area contributed by atoms with E-state index in [1.54, 1.807) is 17.4 Å². The first-order chi connectivity index (χ1) is 10.1. The molecule has 0 unspecified atom stereocenters. The lowest BCUT2D eigenvalue weighted by Gasteiger charge is -2.25. The van der Waals surface area contributed by atoms with E-state index in [-0.39, 0.29) is 5.91 Å². The third-order valence-electron chi connectivity index (χ3n) is 4.08. The predicted octanol–water partition coefficient (Wildman–Crippen LogP) is 2.70. The lowest BCUT2D eigenvalue weighted by molar-refractivity contribution is -0.126. The van der Waals surface area contributed by atoms with Crippen LogP contribution >= 0.6 is 11.3 Å². The van der Waals surface area contributed by atoms with Crippen LogP contribution in [0.4, 0.5) is 0 Å². The summed E-state index contributed by atoms with van der Waals surface area (Å²) in [4.78, 5) is 15.7. The van der Waals surface area contributed by atoms with Crippen molar-refractivity contribution < 1.29 is 4.79 Å². The molecule has 5 heteroatoms. The SMILES string of the molecule is Cc1nn(C)c(C)c1/C=C/C(=O)N1CCc2sccc2C1. The van der Waals surface area contributed by atoms with Gasteiger partial charge in [-0.15, -0.1) is 11.3 Å². The number of fused-ring (bicyclic) bond motifs is 1. The van der Waals surface area contributed by atoms with E-state index in [4.69, 9.17) is 0 Å². The summed E-state index contributed by atoms with van der Waals surface area (Å²) in [5.41, 5.74) is 4.37. The molecular formula is C16H19N3OS. The molecule has 0 atom stereocenters. The summed E-state index contributed by atoms with van der Waals surface area (Å²) >= 11 is 1.79. The van der Waals surface area contributed by atoms with Gasteiger partial charge in [0.2, 0.25) is 5.91 Å². The minimum absolute atomic E-state index is 0.0782. The molecule has 1 aliphatic heterocycles. The smallest absolute Gasteiger partial charge is 0.246 e. The van der Waals surface area contributed by atoms with Crippen LogP contribution in [-0.4, -0.2) is 27.1 Å². The van der Waals surface area contributed by atoms with Gasteiger partial charge >= 0.3 is 0 Å². The van der Waals surface area contributed by atoms with E-state index in [1.807, 2.05) is 36.6 Å². The van der Waals surface area contributed by atoms with Gasteiger partial charge in [-0.25, -0.2) is 0 Å². The van der Waals surface area contributed by atoms with E-state index in [9.17, 15) is 4.79 Å². The van der Waals surface area contributed by atoms with Crippen LogP contribution in [0.15, 0.2) is 17.5 Å². The maximum absolute atomic E-state index is 12.3. The molecule has 0 bridgehead atoms. The van der Waals surface area contributed by atoms with E-state index in [1.165, 1.54) is 10.4 Å². The Bertz CT molecular complexity index is 711. The highest BCUT2D eigenvalue weighted by atomic mass is 32.1. The number of aromatic nitrogens is 2. The highest BCUT2D eigenvalue weighted by Crippen LogP contribution is 2.24. The van der Waals surface area contributed by atoms with E-state index in [0.717, 1.165) is 36.5 Å². The number of carbonyl (C=O) groups excluding carboxylic acids is 1. The maximum Gasteiger partial charge on any atom is 0.246 e. The summed E-state index contributed by atoms with van der Waals surface area (Å²) in [6.07, 6.45) is 4.54. The van der Waals surface area contributed by atoms with Gasteiger partial charge in [0.05, 0.1) is 5.69 Å². The molecule has 2 aromatic heterocycles. The molecule has 1 amide bonds. The summed E-state index contributed by atoms with van der Waals surface area (Å²) in [5, 5.41) is 6.47. The molecule has 110 valence electrons. The van der Waals surface area contributed by atoms with E-state index in [0.29, 0.717) is 0 Å². The highest BCUT2D eigenvalue weighted by molar-refractivity contribution is 7.10. The summed E-state index contributed by atoms with van der Waals surface area (Å²) in [6.45, 7) is 5.52. The van der Waals surface area contributed by atoms with Gasteiger partial charge in [-0.3, -0.25) is 9.48 Å². The number of hydrogen-bond acceptors (Lipinski definition) is 3. The molecule has 21 heavy (non-hydrogen) atoms. The Kier molecular flexibility index (Phi) is 3.68. The molecule has 0 aliphatic carbocycles. The Morgan fingerprint density at radius 3 is 2.95 bits per heavy atom. The van der Waals surface area contributed by atoms with Crippen molar-refractivity contribution in [3.05, 3.63) is 44.9 Å². The van der Waals surface area contributed by atoms with Crippen molar-refractivity contribution in [2.75, 3.05) is 6.54 Å². The Labute approximate surface area is 128 Å². The molecule has 0 saturated carbocycles. The number of carbonyl (C=O) groups is 1. The Morgan fingerprint density at radius 1 is 1.43 bits per heavy atom. The van der Waals surface area contributed by atoms with Crippen LogP contribution < -0.4 is 0 Å². The molecule has 0 fully saturated rings. The zero-order valence-corrected chi connectivity index (χ0v) is 13.4. The van der Waals surface area contributed by atoms with Crippen molar-refractivity contribution in [2.24, 2.45) is 7.05 Å². The van der Waals surface area contributed by atoms with Crippen LogP contribution in [0.2, 0.25) is 0 Å². The van der Waals surface area contributed by atoms with Crippen LogP contribution in [0.5, 0.6) is 0 Å². The zero-order chi connectivity index (χ0) is 15.0. The lowest BCUT2D eigenvalue weighted by Crippen LogP contribution is -2.34. The van der Waals surface area contributed by atoms with Gasteiger partial charge in [-0.05, 0) is 43.4 Å². The number of aryl methyl sites for hydroxylation is 2. The van der Waals surface area contributed by atoms with Crippen molar-refractivity contribution in [1.29, 1.82) is 0 Å². The summed E-state index contributed by atoms with van der Waals surface area (Å²) in [7, 11) is 1.92. The van der Waals surface area contributed by atoms with Crippen LogP contribution in [0.25, 0.3) is 6.08 Å². The molecule has 0 radical (unpaired) electrons. The second-order valence-corrected chi connectivity index (χ2v) is 6.42. The van der Waals surface area contributed by atoms with Gasteiger partial charge in [0.1, 0.15) is 0 Å². The Morgan fingerprint density at radius 2 is 2.24 bits per heavy atom. The molecule has 3 rings (SSSR count). The molecule has 0 spiro atoms. The molecule has 1 aliphatic rings.